The van der Waals surface area contributed by atoms with Crippen molar-refractivity contribution in [2.75, 3.05) is 6.67 Å². The van der Waals surface area contributed by atoms with Gasteiger partial charge in [-0.25, -0.2) is 4.98 Å². The summed E-state index contributed by atoms with van der Waals surface area (Å²) in [5.74, 6) is 0. The molecule has 2 nitrogen and oxygen atoms in total. The van der Waals surface area contributed by atoms with E-state index in [0.717, 1.165) is 10.3 Å². The van der Waals surface area contributed by atoms with Crippen LogP contribution in [-0.2, 0) is 0 Å². The molecule has 0 unspecified atom stereocenters. The van der Waals surface area contributed by atoms with Crippen molar-refractivity contribution >= 4 is 28.3 Å². The van der Waals surface area contributed by atoms with Crippen LogP contribution >= 0.6 is 28.3 Å². The molecule has 1 aromatic rings. The van der Waals surface area contributed by atoms with E-state index in [-0.39, 0.29) is 18.4 Å². The predicted octanol–water partition coefficient (Wildman–Crippen LogP) is 2.63. The molecular weight excluding hydrogens is 258 g/mol. The first-order chi connectivity index (χ1) is 5.74. The number of rotatable bonds is 3. The molecule has 0 radical (unpaired) electrons. The van der Waals surface area contributed by atoms with Crippen LogP contribution in [0.4, 0.5) is 4.39 Å². The van der Waals surface area contributed by atoms with Crippen molar-refractivity contribution in [2.45, 2.75) is 12.5 Å². The van der Waals surface area contributed by atoms with Gasteiger partial charge in [-0.3, -0.25) is 4.39 Å². The van der Waals surface area contributed by atoms with Gasteiger partial charge >= 0.3 is 0 Å². The molecule has 1 atom stereocenters. The van der Waals surface area contributed by atoms with Gasteiger partial charge in [-0.2, -0.15) is 0 Å². The smallest absolute Gasteiger partial charge is 0.106 e. The molecule has 74 valence electrons. The summed E-state index contributed by atoms with van der Waals surface area (Å²) in [6.45, 7) is -0.407. The number of hydrogen-bond acceptors (Lipinski definition) is 2. The second-order valence-corrected chi connectivity index (χ2v) is 3.28. The molecule has 5 heteroatoms. The van der Waals surface area contributed by atoms with Crippen LogP contribution in [0, 0.1) is 0 Å². The highest BCUT2D eigenvalue weighted by molar-refractivity contribution is 9.10. The molecule has 0 aliphatic carbocycles. The van der Waals surface area contributed by atoms with Gasteiger partial charge in [-0.05, 0) is 34.5 Å². The van der Waals surface area contributed by atoms with Crippen molar-refractivity contribution < 1.29 is 4.39 Å². The Kier molecular flexibility index (Phi) is 6.20. The standard InChI is InChI=1S/C8H10BrFN2.ClH/c9-8-3-1-2-7(12-8)6(11)4-5-10;/h1-3,6H,4-5,11H2;1H/t6-;/m0./s1. The maximum Gasteiger partial charge on any atom is 0.106 e. The van der Waals surface area contributed by atoms with E-state index in [1.807, 2.05) is 12.1 Å². The fourth-order valence-electron chi connectivity index (χ4n) is 0.896. The normalized spacial score (nSPS) is 11.9. The van der Waals surface area contributed by atoms with E-state index in [0.29, 0.717) is 6.42 Å². The lowest BCUT2D eigenvalue weighted by Crippen LogP contribution is -2.12. The van der Waals surface area contributed by atoms with Crippen molar-refractivity contribution in [1.29, 1.82) is 0 Å². The van der Waals surface area contributed by atoms with Crippen molar-refractivity contribution in [3.63, 3.8) is 0 Å². The van der Waals surface area contributed by atoms with Crippen LogP contribution in [0.2, 0.25) is 0 Å². The van der Waals surface area contributed by atoms with Gasteiger partial charge in [0.25, 0.3) is 0 Å². The number of hydrogen-bond donors (Lipinski definition) is 1. The van der Waals surface area contributed by atoms with E-state index < -0.39 is 6.67 Å². The number of pyridine rings is 1. The van der Waals surface area contributed by atoms with Gasteiger partial charge in [0.15, 0.2) is 0 Å². The van der Waals surface area contributed by atoms with Crippen LogP contribution in [0.3, 0.4) is 0 Å². The number of alkyl halides is 1. The van der Waals surface area contributed by atoms with Crippen molar-refractivity contribution in [3.05, 3.63) is 28.5 Å². The second-order valence-electron chi connectivity index (χ2n) is 2.47. The Morgan fingerprint density at radius 3 is 2.77 bits per heavy atom. The quantitative estimate of drug-likeness (QED) is 0.857. The minimum absolute atomic E-state index is 0. The van der Waals surface area contributed by atoms with E-state index in [1.54, 1.807) is 6.07 Å². The molecule has 0 spiro atoms. The lowest BCUT2D eigenvalue weighted by atomic mass is 10.1. The lowest BCUT2D eigenvalue weighted by Gasteiger charge is -2.07. The molecule has 1 aromatic heterocycles. The van der Waals surface area contributed by atoms with Gasteiger partial charge in [-0.1, -0.05) is 6.07 Å². The first-order valence-corrected chi connectivity index (χ1v) is 4.47. The largest absolute Gasteiger partial charge is 0.323 e. The van der Waals surface area contributed by atoms with Crippen LogP contribution in [-0.4, -0.2) is 11.7 Å². The summed E-state index contributed by atoms with van der Waals surface area (Å²) in [6, 6.07) is 5.15. The Balaban J connectivity index is 0.00000144. The predicted molar refractivity (Wildman–Crippen MR) is 56.7 cm³/mol. The minimum atomic E-state index is -0.407. The average Bonchev–Trinajstić information content (AvgIpc) is 2.05. The molecule has 1 rings (SSSR count). The first kappa shape index (κ1) is 12.8. The van der Waals surface area contributed by atoms with Gasteiger partial charge in [0, 0.05) is 6.04 Å². The van der Waals surface area contributed by atoms with Crippen LogP contribution in [0.25, 0.3) is 0 Å². The molecular formula is C8H11BrClFN2. The van der Waals surface area contributed by atoms with E-state index >= 15 is 0 Å². The Hall–Kier alpha value is -0.190. The number of nitrogens with zero attached hydrogens (tertiary/aromatic N) is 1. The Labute approximate surface area is 91.3 Å². The van der Waals surface area contributed by atoms with E-state index in [2.05, 4.69) is 20.9 Å². The van der Waals surface area contributed by atoms with E-state index in [9.17, 15) is 4.39 Å². The summed E-state index contributed by atoms with van der Waals surface area (Å²) in [5.41, 5.74) is 6.38. The van der Waals surface area contributed by atoms with E-state index in [1.165, 1.54) is 0 Å². The summed E-state index contributed by atoms with van der Waals surface area (Å²) >= 11 is 3.22. The van der Waals surface area contributed by atoms with Gasteiger partial charge in [0.2, 0.25) is 0 Å². The van der Waals surface area contributed by atoms with Gasteiger partial charge in [0.05, 0.1) is 12.4 Å². The molecule has 0 aliphatic heterocycles. The van der Waals surface area contributed by atoms with Gasteiger partial charge in [0.1, 0.15) is 4.60 Å². The number of aromatic nitrogens is 1. The van der Waals surface area contributed by atoms with Crippen molar-refractivity contribution in [1.82, 2.24) is 4.98 Å². The Bertz CT molecular complexity index is 260. The maximum atomic E-state index is 11.9. The molecule has 13 heavy (non-hydrogen) atoms. The van der Waals surface area contributed by atoms with Crippen molar-refractivity contribution in [3.8, 4) is 0 Å². The summed E-state index contributed by atoms with van der Waals surface area (Å²) in [5, 5.41) is 0. The monoisotopic (exact) mass is 268 g/mol. The maximum absolute atomic E-state index is 11.9. The summed E-state index contributed by atoms with van der Waals surface area (Å²) in [6.07, 6.45) is 0.323. The third-order valence-electron chi connectivity index (χ3n) is 1.54. The molecule has 0 aromatic carbocycles. The fraction of sp³-hybridized carbons (Fsp3) is 0.375. The van der Waals surface area contributed by atoms with Gasteiger partial charge in [-0.15, -0.1) is 12.4 Å². The number of nitrogens with two attached hydrogens (primary N) is 1. The van der Waals surface area contributed by atoms with Gasteiger partial charge < -0.3 is 5.73 Å². The third kappa shape index (κ3) is 4.02. The van der Waals surface area contributed by atoms with Crippen LogP contribution in [0.5, 0.6) is 0 Å². The zero-order valence-electron chi connectivity index (χ0n) is 6.91. The summed E-state index contributed by atoms with van der Waals surface area (Å²) < 4.78 is 12.6. The molecule has 0 saturated carbocycles. The highest BCUT2D eigenvalue weighted by Gasteiger charge is 2.06. The fourth-order valence-corrected chi connectivity index (χ4v) is 1.25. The first-order valence-electron chi connectivity index (χ1n) is 3.68. The molecule has 0 bridgehead atoms. The summed E-state index contributed by atoms with van der Waals surface area (Å²) in [7, 11) is 0. The highest BCUT2D eigenvalue weighted by atomic mass is 79.9. The molecule has 0 saturated heterocycles. The lowest BCUT2D eigenvalue weighted by molar-refractivity contribution is 0.438. The molecule has 1 heterocycles. The van der Waals surface area contributed by atoms with E-state index in [4.69, 9.17) is 5.73 Å². The SMILES string of the molecule is Cl.N[C@@H](CCF)c1cccc(Br)n1. The summed E-state index contributed by atoms with van der Waals surface area (Å²) in [4.78, 5) is 4.12. The Morgan fingerprint density at radius 2 is 2.23 bits per heavy atom. The van der Waals surface area contributed by atoms with Crippen LogP contribution in [0.1, 0.15) is 18.2 Å². The van der Waals surface area contributed by atoms with Crippen LogP contribution in [0.15, 0.2) is 22.8 Å². The molecule has 0 fully saturated rings. The zero-order valence-corrected chi connectivity index (χ0v) is 9.31. The third-order valence-corrected chi connectivity index (χ3v) is 1.98. The van der Waals surface area contributed by atoms with Crippen LogP contribution < -0.4 is 5.73 Å². The minimum Gasteiger partial charge on any atom is -0.323 e. The molecule has 0 amide bonds. The second kappa shape index (κ2) is 6.29. The Morgan fingerprint density at radius 1 is 1.54 bits per heavy atom. The highest BCUT2D eigenvalue weighted by Crippen LogP contribution is 2.14. The van der Waals surface area contributed by atoms with Crippen molar-refractivity contribution in [2.24, 2.45) is 5.73 Å². The zero-order chi connectivity index (χ0) is 8.97. The molecule has 2 N–H and O–H groups in total. The number of halogens is 3. The molecule has 0 aliphatic rings. The topological polar surface area (TPSA) is 38.9 Å². The average molecular weight is 270 g/mol.